The van der Waals surface area contributed by atoms with Crippen LogP contribution >= 0.6 is 0 Å². The second-order valence-corrected chi connectivity index (χ2v) is 3.39. The Morgan fingerprint density at radius 2 is 2.15 bits per heavy atom. The third kappa shape index (κ3) is 2.98. The van der Waals surface area contributed by atoms with Gasteiger partial charge in [-0.15, -0.1) is 0 Å². The van der Waals surface area contributed by atoms with E-state index in [9.17, 15) is 0 Å². The third-order valence-corrected chi connectivity index (χ3v) is 2.25. The molecule has 0 saturated carbocycles. The molecule has 2 nitrogen and oxygen atoms in total. The first-order chi connectivity index (χ1) is 6.24. The van der Waals surface area contributed by atoms with E-state index in [0.717, 1.165) is 6.42 Å². The van der Waals surface area contributed by atoms with Crippen molar-refractivity contribution in [1.29, 1.82) is 0 Å². The van der Waals surface area contributed by atoms with Crippen LogP contribution in [0, 0.1) is 0 Å². The SMILES string of the molecule is CN/C=C\N(C)C1=CC=C(C)CC1. The maximum atomic E-state index is 2.98. The molecule has 0 fully saturated rings. The number of rotatable bonds is 3. The van der Waals surface area contributed by atoms with Crippen LogP contribution in [-0.4, -0.2) is 19.0 Å². The van der Waals surface area contributed by atoms with Gasteiger partial charge in [-0.3, -0.25) is 0 Å². The molecule has 1 aliphatic carbocycles. The van der Waals surface area contributed by atoms with Crippen molar-refractivity contribution in [3.05, 3.63) is 35.8 Å². The molecule has 0 bridgehead atoms. The monoisotopic (exact) mass is 178 g/mol. The molecular formula is C11H18N2. The topological polar surface area (TPSA) is 15.3 Å². The minimum atomic E-state index is 1.15. The van der Waals surface area contributed by atoms with Crippen LogP contribution in [0.4, 0.5) is 0 Å². The largest absolute Gasteiger partial charge is 0.393 e. The summed E-state index contributed by atoms with van der Waals surface area (Å²) in [4.78, 5) is 2.15. The molecule has 2 heteroatoms. The Balaban J connectivity index is 2.57. The molecule has 13 heavy (non-hydrogen) atoms. The maximum absolute atomic E-state index is 2.98. The van der Waals surface area contributed by atoms with Crippen LogP contribution in [0.2, 0.25) is 0 Å². The Morgan fingerprint density at radius 3 is 2.69 bits per heavy atom. The van der Waals surface area contributed by atoms with Crippen LogP contribution in [0.25, 0.3) is 0 Å². The minimum absolute atomic E-state index is 1.15. The Labute approximate surface area is 80.6 Å². The predicted octanol–water partition coefficient (Wildman–Crippen LogP) is 2.23. The van der Waals surface area contributed by atoms with E-state index in [4.69, 9.17) is 0 Å². The zero-order chi connectivity index (χ0) is 9.68. The van der Waals surface area contributed by atoms with E-state index in [1.807, 2.05) is 19.4 Å². The summed E-state index contributed by atoms with van der Waals surface area (Å²) in [5.41, 5.74) is 2.84. The van der Waals surface area contributed by atoms with Gasteiger partial charge in [-0.05, 0) is 25.8 Å². The van der Waals surface area contributed by atoms with E-state index < -0.39 is 0 Å². The zero-order valence-electron chi connectivity index (χ0n) is 8.67. The van der Waals surface area contributed by atoms with Gasteiger partial charge in [-0.25, -0.2) is 0 Å². The van der Waals surface area contributed by atoms with Crippen LogP contribution in [0.15, 0.2) is 35.8 Å². The molecule has 1 rings (SSSR count). The van der Waals surface area contributed by atoms with E-state index in [2.05, 4.69) is 36.3 Å². The number of allylic oxidation sites excluding steroid dienone is 4. The number of nitrogens with zero attached hydrogens (tertiary/aromatic N) is 1. The Hall–Kier alpha value is -1.18. The lowest BCUT2D eigenvalue weighted by Gasteiger charge is -2.20. The predicted molar refractivity (Wildman–Crippen MR) is 57.0 cm³/mol. The molecule has 0 aromatic rings. The van der Waals surface area contributed by atoms with E-state index in [-0.39, 0.29) is 0 Å². The molecular weight excluding hydrogens is 160 g/mol. The second-order valence-electron chi connectivity index (χ2n) is 3.39. The third-order valence-electron chi connectivity index (χ3n) is 2.25. The summed E-state index contributed by atoms with van der Waals surface area (Å²) >= 11 is 0. The summed E-state index contributed by atoms with van der Waals surface area (Å²) in [6.07, 6.45) is 10.7. The highest BCUT2D eigenvalue weighted by Crippen LogP contribution is 2.19. The van der Waals surface area contributed by atoms with Gasteiger partial charge in [0.2, 0.25) is 0 Å². The molecule has 0 amide bonds. The summed E-state index contributed by atoms with van der Waals surface area (Å²) in [7, 11) is 3.98. The van der Waals surface area contributed by atoms with Crippen molar-refractivity contribution in [2.24, 2.45) is 0 Å². The summed E-state index contributed by atoms with van der Waals surface area (Å²) in [5.74, 6) is 0. The van der Waals surface area contributed by atoms with Gasteiger partial charge in [0, 0.05) is 32.2 Å². The standard InChI is InChI=1S/C11H18N2/c1-10-4-6-11(7-5-10)13(3)9-8-12-2/h4,6,8-9,12H,5,7H2,1-3H3/b9-8-. The van der Waals surface area contributed by atoms with Crippen molar-refractivity contribution in [2.45, 2.75) is 19.8 Å². The molecule has 0 atom stereocenters. The van der Waals surface area contributed by atoms with E-state index in [1.165, 1.54) is 17.7 Å². The molecule has 0 aliphatic heterocycles. The summed E-state index contributed by atoms with van der Waals surface area (Å²) in [6, 6.07) is 0. The molecule has 1 aliphatic rings. The fourth-order valence-corrected chi connectivity index (χ4v) is 1.31. The van der Waals surface area contributed by atoms with Crippen molar-refractivity contribution in [2.75, 3.05) is 14.1 Å². The zero-order valence-corrected chi connectivity index (χ0v) is 8.67. The molecule has 72 valence electrons. The molecule has 0 aromatic heterocycles. The van der Waals surface area contributed by atoms with Crippen molar-refractivity contribution >= 4 is 0 Å². The van der Waals surface area contributed by atoms with E-state index in [0.29, 0.717) is 0 Å². The van der Waals surface area contributed by atoms with Gasteiger partial charge in [0.15, 0.2) is 0 Å². The average Bonchev–Trinajstić information content (AvgIpc) is 2.15. The van der Waals surface area contributed by atoms with Crippen LogP contribution in [-0.2, 0) is 0 Å². The summed E-state index contributed by atoms with van der Waals surface area (Å²) in [6.45, 7) is 2.18. The first-order valence-electron chi connectivity index (χ1n) is 4.67. The van der Waals surface area contributed by atoms with E-state index in [1.54, 1.807) is 0 Å². The van der Waals surface area contributed by atoms with Crippen molar-refractivity contribution < 1.29 is 0 Å². The van der Waals surface area contributed by atoms with Gasteiger partial charge in [0.25, 0.3) is 0 Å². The van der Waals surface area contributed by atoms with Crippen molar-refractivity contribution in [3.63, 3.8) is 0 Å². The van der Waals surface area contributed by atoms with Gasteiger partial charge in [0.1, 0.15) is 0 Å². The van der Waals surface area contributed by atoms with Crippen molar-refractivity contribution in [3.8, 4) is 0 Å². The quantitative estimate of drug-likeness (QED) is 0.713. The Morgan fingerprint density at radius 1 is 1.38 bits per heavy atom. The average molecular weight is 178 g/mol. The smallest absolute Gasteiger partial charge is 0.0191 e. The highest BCUT2D eigenvalue weighted by molar-refractivity contribution is 5.22. The Bertz CT molecular complexity index is 249. The fraction of sp³-hybridized carbons (Fsp3) is 0.455. The van der Waals surface area contributed by atoms with Gasteiger partial charge in [-0.1, -0.05) is 11.6 Å². The normalized spacial score (nSPS) is 16.8. The van der Waals surface area contributed by atoms with Gasteiger partial charge in [0.05, 0.1) is 0 Å². The Kier molecular flexibility index (Phi) is 3.62. The van der Waals surface area contributed by atoms with E-state index >= 15 is 0 Å². The summed E-state index contributed by atoms with van der Waals surface area (Å²) < 4.78 is 0. The lowest BCUT2D eigenvalue weighted by atomic mass is 10.0. The lowest BCUT2D eigenvalue weighted by molar-refractivity contribution is 0.530. The van der Waals surface area contributed by atoms with Crippen molar-refractivity contribution in [1.82, 2.24) is 10.2 Å². The number of nitrogens with one attached hydrogen (secondary N) is 1. The fourth-order valence-electron chi connectivity index (χ4n) is 1.31. The van der Waals surface area contributed by atoms with Gasteiger partial charge < -0.3 is 10.2 Å². The first kappa shape index (κ1) is 9.90. The molecule has 0 spiro atoms. The van der Waals surface area contributed by atoms with Crippen LogP contribution in [0.1, 0.15) is 19.8 Å². The highest BCUT2D eigenvalue weighted by atomic mass is 15.1. The minimum Gasteiger partial charge on any atom is -0.393 e. The highest BCUT2D eigenvalue weighted by Gasteiger charge is 2.05. The molecule has 0 unspecified atom stereocenters. The van der Waals surface area contributed by atoms with Crippen LogP contribution in [0.3, 0.4) is 0 Å². The molecule has 0 radical (unpaired) electrons. The van der Waals surface area contributed by atoms with Crippen LogP contribution < -0.4 is 5.32 Å². The molecule has 1 N–H and O–H groups in total. The summed E-state index contributed by atoms with van der Waals surface area (Å²) in [5, 5.41) is 2.98. The molecule has 0 heterocycles. The first-order valence-corrected chi connectivity index (χ1v) is 4.67. The molecule has 0 saturated heterocycles. The second kappa shape index (κ2) is 4.75. The van der Waals surface area contributed by atoms with Gasteiger partial charge >= 0.3 is 0 Å². The lowest BCUT2D eigenvalue weighted by Crippen LogP contribution is -2.13. The van der Waals surface area contributed by atoms with Crippen LogP contribution in [0.5, 0.6) is 0 Å². The maximum Gasteiger partial charge on any atom is 0.0191 e. The molecule has 0 aromatic carbocycles. The van der Waals surface area contributed by atoms with Gasteiger partial charge in [-0.2, -0.15) is 0 Å². The number of hydrogen-bond acceptors (Lipinski definition) is 2. The number of hydrogen-bond donors (Lipinski definition) is 1.